The lowest BCUT2D eigenvalue weighted by molar-refractivity contribution is 0.594. The highest BCUT2D eigenvalue weighted by Gasteiger charge is 2.15. The van der Waals surface area contributed by atoms with Gasteiger partial charge < -0.3 is 5.32 Å². The van der Waals surface area contributed by atoms with Gasteiger partial charge >= 0.3 is 0 Å². The van der Waals surface area contributed by atoms with Gasteiger partial charge in [-0.3, -0.25) is 4.68 Å². The summed E-state index contributed by atoms with van der Waals surface area (Å²) in [6.45, 7) is 7.46. The summed E-state index contributed by atoms with van der Waals surface area (Å²) in [5, 5.41) is 7.95. The maximum atomic E-state index is 4.43. The van der Waals surface area contributed by atoms with E-state index in [-0.39, 0.29) is 0 Å². The van der Waals surface area contributed by atoms with Crippen molar-refractivity contribution in [2.45, 2.75) is 26.8 Å². The number of nitrogens with zero attached hydrogens (tertiary/aromatic N) is 2. The van der Waals surface area contributed by atoms with E-state index in [0.29, 0.717) is 6.04 Å². The molecule has 0 aliphatic carbocycles. The first kappa shape index (κ1) is 12.6. The molecule has 0 amide bonds. The highest BCUT2D eigenvalue weighted by atomic mass is 32.2. The predicted octanol–water partition coefficient (Wildman–Crippen LogP) is 2.05. The van der Waals surface area contributed by atoms with Crippen molar-refractivity contribution in [2.75, 3.05) is 18.6 Å². The number of thioether (sulfide) groups is 1. The van der Waals surface area contributed by atoms with E-state index >= 15 is 0 Å². The van der Waals surface area contributed by atoms with E-state index in [1.54, 1.807) is 0 Å². The molecule has 0 bridgehead atoms. The normalized spacial score (nSPS) is 13.1. The van der Waals surface area contributed by atoms with E-state index in [2.05, 4.69) is 37.4 Å². The van der Waals surface area contributed by atoms with Gasteiger partial charge in [0.25, 0.3) is 0 Å². The average molecular weight is 227 g/mol. The highest BCUT2D eigenvalue weighted by molar-refractivity contribution is 7.98. The van der Waals surface area contributed by atoms with Crippen LogP contribution in [0.3, 0.4) is 0 Å². The fourth-order valence-electron chi connectivity index (χ4n) is 1.90. The summed E-state index contributed by atoms with van der Waals surface area (Å²) in [5.74, 6) is 1.16. The summed E-state index contributed by atoms with van der Waals surface area (Å²) < 4.78 is 1.96. The van der Waals surface area contributed by atoms with E-state index in [0.717, 1.165) is 18.0 Å². The maximum Gasteiger partial charge on any atom is 0.0644 e. The second kappa shape index (κ2) is 5.56. The summed E-state index contributed by atoms with van der Waals surface area (Å²) in [5.41, 5.74) is 3.74. The number of nitrogens with one attached hydrogen (secondary N) is 1. The van der Waals surface area contributed by atoms with Gasteiger partial charge in [-0.25, -0.2) is 0 Å². The van der Waals surface area contributed by atoms with Crippen molar-refractivity contribution in [3.63, 3.8) is 0 Å². The largest absolute Gasteiger partial charge is 0.309 e. The molecule has 0 aliphatic rings. The van der Waals surface area contributed by atoms with Crippen LogP contribution in [0, 0.1) is 13.8 Å². The Kier molecular flexibility index (Phi) is 4.67. The minimum Gasteiger partial charge on any atom is -0.309 e. The summed E-state index contributed by atoms with van der Waals surface area (Å²) >= 11 is 1.87. The van der Waals surface area contributed by atoms with Gasteiger partial charge in [-0.2, -0.15) is 16.9 Å². The molecule has 1 aromatic heterocycles. The second-order valence-electron chi connectivity index (χ2n) is 3.88. The van der Waals surface area contributed by atoms with E-state index in [1.165, 1.54) is 11.3 Å². The monoisotopic (exact) mass is 227 g/mol. The molecule has 1 heterocycles. The van der Waals surface area contributed by atoms with Crippen molar-refractivity contribution >= 4 is 11.8 Å². The number of hydrogen-bond donors (Lipinski definition) is 1. The Bertz CT molecular complexity index is 320. The maximum absolute atomic E-state index is 4.43. The van der Waals surface area contributed by atoms with E-state index in [1.807, 2.05) is 23.5 Å². The molecule has 0 aromatic carbocycles. The molecule has 0 saturated carbocycles. The summed E-state index contributed by atoms with van der Waals surface area (Å²) in [4.78, 5) is 0. The van der Waals surface area contributed by atoms with Gasteiger partial charge in [0, 0.05) is 36.6 Å². The van der Waals surface area contributed by atoms with E-state index in [9.17, 15) is 0 Å². The summed E-state index contributed by atoms with van der Waals surface area (Å²) in [7, 11) is 2.00. The van der Waals surface area contributed by atoms with Crippen molar-refractivity contribution < 1.29 is 0 Å². The van der Waals surface area contributed by atoms with Crippen LogP contribution in [0.5, 0.6) is 0 Å². The molecular formula is C11H21N3S. The average Bonchev–Trinajstić information content (AvgIpc) is 2.41. The van der Waals surface area contributed by atoms with Gasteiger partial charge in [0.2, 0.25) is 0 Å². The Hall–Kier alpha value is -0.480. The van der Waals surface area contributed by atoms with Crippen molar-refractivity contribution in [2.24, 2.45) is 7.05 Å². The smallest absolute Gasteiger partial charge is 0.0644 e. The van der Waals surface area contributed by atoms with Crippen molar-refractivity contribution in [3.8, 4) is 0 Å². The van der Waals surface area contributed by atoms with Crippen LogP contribution in [0.1, 0.15) is 29.9 Å². The SMILES string of the molecule is CSCCNC(C)c1c(C)nn(C)c1C. The molecule has 1 rings (SSSR count). The van der Waals surface area contributed by atoms with Crippen molar-refractivity contribution in [3.05, 3.63) is 17.0 Å². The lowest BCUT2D eigenvalue weighted by Gasteiger charge is -2.14. The molecule has 0 fully saturated rings. The number of hydrogen-bond acceptors (Lipinski definition) is 3. The molecule has 15 heavy (non-hydrogen) atoms. The first-order valence-electron chi connectivity index (χ1n) is 5.30. The Morgan fingerprint density at radius 1 is 1.47 bits per heavy atom. The Morgan fingerprint density at radius 3 is 2.60 bits per heavy atom. The first-order valence-corrected chi connectivity index (χ1v) is 6.69. The van der Waals surface area contributed by atoms with Gasteiger partial charge in [-0.1, -0.05) is 0 Å². The second-order valence-corrected chi connectivity index (χ2v) is 4.86. The quantitative estimate of drug-likeness (QED) is 0.781. The molecular weight excluding hydrogens is 206 g/mol. The highest BCUT2D eigenvalue weighted by Crippen LogP contribution is 2.20. The van der Waals surface area contributed by atoms with Crippen molar-refractivity contribution in [1.82, 2.24) is 15.1 Å². The van der Waals surface area contributed by atoms with Crippen LogP contribution in [0.4, 0.5) is 0 Å². The molecule has 1 aromatic rings. The van der Waals surface area contributed by atoms with Gasteiger partial charge in [-0.05, 0) is 27.0 Å². The zero-order chi connectivity index (χ0) is 11.4. The standard InChI is InChI=1S/C11H21N3S/c1-8(12-6-7-15-5)11-9(2)13-14(4)10(11)3/h8,12H,6-7H2,1-5H3. The first-order chi connectivity index (χ1) is 7.07. The van der Waals surface area contributed by atoms with Crippen LogP contribution in [-0.2, 0) is 7.05 Å². The third-order valence-electron chi connectivity index (χ3n) is 2.75. The predicted molar refractivity (Wildman–Crippen MR) is 67.5 cm³/mol. The van der Waals surface area contributed by atoms with Crippen LogP contribution >= 0.6 is 11.8 Å². The number of rotatable bonds is 5. The van der Waals surface area contributed by atoms with Crippen LogP contribution in [0.2, 0.25) is 0 Å². The summed E-state index contributed by atoms with van der Waals surface area (Å²) in [6.07, 6.45) is 2.13. The van der Waals surface area contributed by atoms with E-state index in [4.69, 9.17) is 0 Å². The van der Waals surface area contributed by atoms with Crippen LogP contribution in [0.25, 0.3) is 0 Å². The molecule has 1 unspecified atom stereocenters. The van der Waals surface area contributed by atoms with Gasteiger partial charge in [0.05, 0.1) is 5.69 Å². The Balaban J connectivity index is 2.68. The van der Waals surface area contributed by atoms with Crippen molar-refractivity contribution in [1.29, 1.82) is 0 Å². The zero-order valence-electron chi connectivity index (χ0n) is 10.3. The van der Waals surface area contributed by atoms with Gasteiger partial charge in [0.15, 0.2) is 0 Å². The molecule has 0 saturated heterocycles. The number of aromatic nitrogens is 2. The molecule has 1 N–H and O–H groups in total. The molecule has 1 atom stereocenters. The third-order valence-corrected chi connectivity index (χ3v) is 3.37. The molecule has 0 radical (unpaired) electrons. The molecule has 3 nitrogen and oxygen atoms in total. The van der Waals surface area contributed by atoms with E-state index < -0.39 is 0 Å². The third kappa shape index (κ3) is 2.98. The summed E-state index contributed by atoms with van der Waals surface area (Å²) in [6, 6.07) is 0.394. The fourth-order valence-corrected chi connectivity index (χ4v) is 2.22. The fraction of sp³-hybridized carbons (Fsp3) is 0.727. The molecule has 0 spiro atoms. The topological polar surface area (TPSA) is 29.9 Å². The lowest BCUT2D eigenvalue weighted by atomic mass is 10.1. The minimum atomic E-state index is 0.394. The van der Waals surface area contributed by atoms with Crippen LogP contribution in [-0.4, -0.2) is 28.3 Å². The van der Waals surface area contributed by atoms with Gasteiger partial charge in [-0.15, -0.1) is 0 Å². The lowest BCUT2D eigenvalue weighted by Crippen LogP contribution is -2.22. The Morgan fingerprint density at radius 2 is 2.13 bits per heavy atom. The van der Waals surface area contributed by atoms with Crippen LogP contribution < -0.4 is 5.32 Å². The number of aryl methyl sites for hydroxylation is 2. The molecule has 4 heteroatoms. The van der Waals surface area contributed by atoms with Gasteiger partial charge in [0.1, 0.15) is 0 Å². The minimum absolute atomic E-state index is 0.394. The van der Waals surface area contributed by atoms with Crippen LogP contribution in [0.15, 0.2) is 0 Å². The Labute approximate surface area is 96.6 Å². The molecule has 86 valence electrons. The molecule has 0 aliphatic heterocycles. The zero-order valence-corrected chi connectivity index (χ0v) is 11.1.